The molecule has 0 saturated heterocycles. The van der Waals surface area contributed by atoms with Gasteiger partial charge in [0.15, 0.2) is 11.5 Å². The van der Waals surface area contributed by atoms with Crippen LogP contribution in [-0.4, -0.2) is 32.3 Å². The minimum atomic E-state index is -0.400. The first-order chi connectivity index (χ1) is 15.0. The predicted molar refractivity (Wildman–Crippen MR) is 114 cm³/mol. The van der Waals surface area contributed by atoms with Crippen LogP contribution >= 0.6 is 23.4 Å². The predicted octanol–water partition coefficient (Wildman–Crippen LogP) is 4.32. The summed E-state index contributed by atoms with van der Waals surface area (Å²) in [7, 11) is 0. The molecule has 0 atom stereocenters. The maximum Gasteiger partial charge on any atom is 0.251 e. The number of hydrogen-bond donors (Lipinski definition) is 1. The van der Waals surface area contributed by atoms with E-state index >= 15 is 0 Å². The van der Waals surface area contributed by atoms with Gasteiger partial charge in [-0.05, 0) is 48.5 Å². The van der Waals surface area contributed by atoms with E-state index in [1.807, 2.05) is 0 Å². The van der Waals surface area contributed by atoms with Crippen molar-refractivity contribution in [2.75, 3.05) is 6.54 Å². The summed E-state index contributed by atoms with van der Waals surface area (Å²) < 4.78 is 28.5. The Balaban J connectivity index is 1.41. The lowest BCUT2D eigenvalue weighted by Gasteiger charge is -2.06. The van der Waals surface area contributed by atoms with E-state index in [2.05, 4.69) is 20.6 Å². The smallest absolute Gasteiger partial charge is 0.251 e. The van der Waals surface area contributed by atoms with Gasteiger partial charge >= 0.3 is 0 Å². The van der Waals surface area contributed by atoms with Crippen LogP contribution in [0.15, 0.2) is 59.6 Å². The molecule has 1 amide bonds. The molecule has 1 N–H and O–H groups in total. The van der Waals surface area contributed by atoms with Gasteiger partial charge in [0.1, 0.15) is 16.7 Å². The molecule has 0 bridgehead atoms. The van der Waals surface area contributed by atoms with Crippen LogP contribution in [0.4, 0.5) is 8.78 Å². The zero-order valence-corrected chi connectivity index (χ0v) is 17.6. The van der Waals surface area contributed by atoms with Gasteiger partial charge in [0, 0.05) is 34.9 Å². The third-order valence-corrected chi connectivity index (χ3v) is 5.77. The van der Waals surface area contributed by atoms with Crippen molar-refractivity contribution in [1.29, 1.82) is 0 Å². The molecular weight excluding hydrogens is 444 g/mol. The van der Waals surface area contributed by atoms with Crippen molar-refractivity contribution < 1.29 is 13.6 Å². The van der Waals surface area contributed by atoms with Gasteiger partial charge < -0.3 is 5.32 Å². The standard InChI is InChI=1S/C21H16ClF2N5OS/c22-16-2-1-3-17(24)15(16)12-31-20-9-8-18-26-27-19(29(18)28-20)10-11-25-21(30)13-4-6-14(23)7-5-13/h1-9H,10-12H2,(H,25,30). The maximum atomic E-state index is 14.0. The fourth-order valence-electron chi connectivity index (χ4n) is 2.86. The van der Waals surface area contributed by atoms with Crippen LogP contribution in [0.3, 0.4) is 0 Å². The van der Waals surface area contributed by atoms with E-state index in [4.69, 9.17) is 11.6 Å². The Labute approximate surface area is 185 Å². The Morgan fingerprint density at radius 3 is 2.65 bits per heavy atom. The van der Waals surface area contributed by atoms with Crippen molar-refractivity contribution in [2.24, 2.45) is 0 Å². The molecule has 0 aliphatic heterocycles. The number of nitrogens with one attached hydrogen (secondary N) is 1. The summed E-state index contributed by atoms with van der Waals surface area (Å²) in [5, 5.41) is 16.5. The normalized spacial score (nSPS) is 11.1. The number of benzene rings is 2. The number of halogens is 3. The highest BCUT2D eigenvalue weighted by molar-refractivity contribution is 7.98. The Kier molecular flexibility index (Phi) is 6.43. The number of thioether (sulfide) groups is 1. The molecule has 0 fully saturated rings. The summed E-state index contributed by atoms with van der Waals surface area (Å²) in [6, 6.07) is 13.4. The van der Waals surface area contributed by atoms with Crippen LogP contribution in [0.2, 0.25) is 5.02 Å². The van der Waals surface area contributed by atoms with Crippen LogP contribution in [0.5, 0.6) is 0 Å². The first-order valence-electron chi connectivity index (χ1n) is 9.32. The summed E-state index contributed by atoms with van der Waals surface area (Å²) in [6.45, 7) is 0.306. The fraction of sp³-hybridized carbons (Fsp3) is 0.143. The molecule has 0 aliphatic rings. The molecule has 2 aromatic heterocycles. The van der Waals surface area contributed by atoms with Gasteiger partial charge in [0.05, 0.1) is 0 Å². The van der Waals surface area contributed by atoms with Gasteiger partial charge in [-0.25, -0.2) is 8.78 Å². The lowest BCUT2D eigenvalue weighted by molar-refractivity contribution is 0.0954. The summed E-state index contributed by atoms with van der Waals surface area (Å²) in [4.78, 5) is 12.1. The Hall–Kier alpha value is -3.04. The molecule has 10 heteroatoms. The Morgan fingerprint density at radius 2 is 1.87 bits per heavy atom. The van der Waals surface area contributed by atoms with Gasteiger partial charge in [-0.1, -0.05) is 29.4 Å². The van der Waals surface area contributed by atoms with E-state index in [0.717, 1.165) is 0 Å². The van der Waals surface area contributed by atoms with E-state index in [9.17, 15) is 13.6 Å². The Morgan fingerprint density at radius 1 is 1.06 bits per heavy atom. The van der Waals surface area contributed by atoms with Crippen LogP contribution in [0.1, 0.15) is 21.7 Å². The molecule has 2 aromatic carbocycles. The van der Waals surface area contributed by atoms with Gasteiger partial charge in [0.2, 0.25) is 0 Å². The van der Waals surface area contributed by atoms with Crippen molar-refractivity contribution in [2.45, 2.75) is 17.2 Å². The maximum absolute atomic E-state index is 14.0. The van der Waals surface area contributed by atoms with Crippen LogP contribution < -0.4 is 5.32 Å². The van der Waals surface area contributed by atoms with Gasteiger partial charge in [-0.2, -0.15) is 9.61 Å². The van der Waals surface area contributed by atoms with E-state index in [-0.39, 0.29) is 11.7 Å². The van der Waals surface area contributed by atoms with Crippen molar-refractivity contribution in [1.82, 2.24) is 25.1 Å². The van der Waals surface area contributed by atoms with Gasteiger partial charge in [0.25, 0.3) is 5.91 Å². The topological polar surface area (TPSA) is 72.2 Å². The molecule has 0 spiro atoms. The molecule has 0 saturated carbocycles. The zero-order chi connectivity index (χ0) is 21.8. The minimum absolute atomic E-state index is 0.306. The number of rotatable bonds is 7. The number of fused-ring (bicyclic) bond motifs is 1. The minimum Gasteiger partial charge on any atom is -0.352 e. The molecule has 2 heterocycles. The monoisotopic (exact) mass is 459 g/mol. The second kappa shape index (κ2) is 9.40. The second-order valence-corrected chi connectivity index (χ2v) is 7.96. The highest BCUT2D eigenvalue weighted by Crippen LogP contribution is 2.27. The summed E-state index contributed by atoms with van der Waals surface area (Å²) in [6.07, 6.45) is 0.397. The van der Waals surface area contributed by atoms with E-state index in [0.29, 0.717) is 51.4 Å². The number of carbonyl (C=O) groups is 1. The highest BCUT2D eigenvalue weighted by atomic mass is 35.5. The fourth-order valence-corrected chi connectivity index (χ4v) is 4.06. The second-order valence-electron chi connectivity index (χ2n) is 6.56. The third kappa shape index (κ3) is 5.00. The SMILES string of the molecule is O=C(NCCc1nnc2ccc(SCc3c(F)cccc3Cl)nn12)c1ccc(F)cc1. The first-order valence-corrected chi connectivity index (χ1v) is 10.7. The summed E-state index contributed by atoms with van der Waals surface area (Å²) in [5.41, 5.74) is 1.35. The number of carbonyl (C=O) groups excluding carboxylic acids is 1. The molecular formula is C21H16ClF2N5OS. The van der Waals surface area contributed by atoms with Crippen molar-refractivity contribution in [3.05, 3.63) is 88.2 Å². The molecule has 31 heavy (non-hydrogen) atoms. The highest BCUT2D eigenvalue weighted by Gasteiger charge is 2.12. The number of amides is 1. The molecule has 0 radical (unpaired) electrons. The molecule has 0 aliphatic carbocycles. The molecule has 4 aromatic rings. The number of aromatic nitrogens is 4. The van der Waals surface area contributed by atoms with Gasteiger partial charge in [-0.3, -0.25) is 4.79 Å². The van der Waals surface area contributed by atoms with Crippen molar-refractivity contribution >= 4 is 34.9 Å². The largest absolute Gasteiger partial charge is 0.352 e. The molecule has 4 rings (SSSR count). The first kappa shape index (κ1) is 21.2. The average molecular weight is 460 g/mol. The van der Waals surface area contributed by atoms with Gasteiger partial charge in [-0.15, -0.1) is 10.2 Å². The van der Waals surface area contributed by atoms with Crippen molar-refractivity contribution in [3.63, 3.8) is 0 Å². The lowest BCUT2D eigenvalue weighted by Crippen LogP contribution is -2.26. The van der Waals surface area contributed by atoms with E-state index in [1.54, 1.807) is 28.8 Å². The average Bonchev–Trinajstić information content (AvgIpc) is 3.16. The number of nitrogens with zero attached hydrogens (tertiary/aromatic N) is 4. The van der Waals surface area contributed by atoms with E-state index in [1.165, 1.54) is 42.1 Å². The Bertz CT molecular complexity index is 1210. The quantitative estimate of drug-likeness (QED) is 0.417. The van der Waals surface area contributed by atoms with Crippen molar-refractivity contribution in [3.8, 4) is 0 Å². The molecule has 0 unspecified atom stereocenters. The van der Waals surface area contributed by atoms with Crippen LogP contribution in [0.25, 0.3) is 5.65 Å². The lowest BCUT2D eigenvalue weighted by atomic mass is 10.2. The third-order valence-electron chi connectivity index (χ3n) is 4.47. The van der Waals surface area contributed by atoms with E-state index < -0.39 is 5.82 Å². The van der Waals surface area contributed by atoms with Crippen LogP contribution in [-0.2, 0) is 12.2 Å². The number of hydrogen-bond acceptors (Lipinski definition) is 5. The summed E-state index contributed by atoms with van der Waals surface area (Å²) in [5.74, 6) is -0.165. The van der Waals surface area contributed by atoms with Crippen LogP contribution in [0, 0.1) is 11.6 Å². The summed E-state index contributed by atoms with van der Waals surface area (Å²) >= 11 is 7.42. The zero-order valence-electron chi connectivity index (χ0n) is 16.1. The molecule has 158 valence electrons. The molecule has 6 nitrogen and oxygen atoms in total.